The van der Waals surface area contributed by atoms with Crippen molar-refractivity contribution < 1.29 is 0 Å². The van der Waals surface area contributed by atoms with Crippen molar-refractivity contribution >= 4 is 0 Å². The molecule has 0 aliphatic carbocycles. The van der Waals surface area contributed by atoms with Gasteiger partial charge in [-0.15, -0.1) is 0 Å². The lowest BCUT2D eigenvalue weighted by Crippen LogP contribution is -2.35. The summed E-state index contributed by atoms with van der Waals surface area (Å²) >= 11 is 0. The third-order valence-corrected chi connectivity index (χ3v) is 2.43. The molecule has 0 bridgehead atoms. The van der Waals surface area contributed by atoms with Crippen LogP contribution < -0.4 is 0 Å². The molecule has 3 nitrogen and oxygen atoms in total. The molecule has 3 heteroatoms. The summed E-state index contributed by atoms with van der Waals surface area (Å²) in [6.07, 6.45) is 2.06. The van der Waals surface area contributed by atoms with Crippen LogP contribution in [0.15, 0.2) is 0 Å². The number of rotatable bonds is 7. The molecule has 0 N–H and O–H groups in total. The quantitative estimate of drug-likeness (QED) is 0.620. The van der Waals surface area contributed by atoms with Gasteiger partial charge in [0.2, 0.25) is 0 Å². The van der Waals surface area contributed by atoms with Gasteiger partial charge >= 0.3 is 0 Å². The maximum atomic E-state index is 8.93. The summed E-state index contributed by atoms with van der Waals surface area (Å²) in [6.45, 7) is 7.29. The average molecular weight is 197 g/mol. The first-order valence-corrected chi connectivity index (χ1v) is 5.44. The fourth-order valence-electron chi connectivity index (χ4n) is 1.56. The van der Waals surface area contributed by atoms with Gasteiger partial charge in [0.25, 0.3) is 0 Å². The first-order chi connectivity index (χ1) is 6.65. The van der Waals surface area contributed by atoms with Crippen LogP contribution in [-0.4, -0.2) is 49.6 Å². The summed E-state index contributed by atoms with van der Waals surface area (Å²) in [5.41, 5.74) is 0. The Morgan fingerprint density at radius 3 is 2.21 bits per heavy atom. The molecule has 0 radical (unpaired) electrons. The number of hydrogen-bond donors (Lipinski definition) is 0. The van der Waals surface area contributed by atoms with Gasteiger partial charge in [0.15, 0.2) is 0 Å². The lowest BCUT2D eigenvalue weighted by molar-refractivity contribution is 0.227. The zero-order valence-corrected chi connectivity index (χ0v) is 9.95. The number of nitriles is 1. The van der Waals surface area contributed by atoms with E-state index in [4.69, 9.17) is 5.26 Å². The van der Waals surface area contributed by atoms with E-state index >= 15 is 0 Å². The van der Waals surface area contributed by atoms with Crippen LogP contribution in [0.2, 0.25) is 0 Å². The van der Waals surface area contributed by atoms with Gasteiger partial charge in [-0.3, -0.25) is 4.90 Å². The Bertz CT molecular complexity index is 172. The Morgan fingerprint density at radius 2 is 1.86 bits per heavy atom. The van der Waals surface area contributed by atoms with E-state index in [0.717, 1.165) is 32.5 Å². The third kappa shape index (κ3) is 5.21. The Balaban J connectivity index is 3.84. The second-order valence-corrected chi connectivity index (χ2v) is 3.84. The van der Waals surface area contributed by atoms with Crippen molar-refractivity contribution in [3.05, 3.63) is 0 Å². The third-order valence-electron chi connectivity index (χ3n) is 2.43. The molecule has 0 saturated carbocycles. The molecule has 82 valence electrons. The summed E-state index contributed by atoms with van der Waals surface area (Å²) in [6, 6.07) is 2.45. The minimum absolute atomic E-state index is 0.0992. The number of nitrogens with zero attached hydrogens (tertiary/aromatic N) is 3. The monoisotopic (exact) mass is 197 g/mol. The zero-order chi connectivity index (χ0) is 11.0. The summed E-state index contributed by atoms with van der Waals surface area (Å²) < 4.78 is 0. The van der Waals surface area contributed by atoms with Crippen molar-refractivity contribution in [2.24, 2.45) is 0 Å². The van der Waals surface area contributed by atoms with Crippen LogP contribution in [0.3, 0.4) is 0 Å². The van der Waals surface area contributed by atoms with E-state index in [0.29, 0.717) is 0 Å². The van der Waals surface area contributed by atoms with Crippen LogP contribution >= 0.6 is 0 Å². The molecule has 0 aromatic heterocycles. The molecule has 0 heterocycles. The smallest absolute Gasteiger partial charge is 0.0975 e. The topological polar surface area (TPSA) is 30.3 Å². The molecule has 0 saturated heterocycles. The number of hydrogen-bond acceptors (Lipinski definition) is 3. The average Bonchev–Trinajstić information content (AvgIpc) is 2.16. The molecule has 0 amide bonds. The van der Waals surface area contributed by atoms with E-state index in [1.165, 1.54) is 0 Å². The van der Waals surface area contributed by atoms with E-state index in [-0.39, 0.29) is 6.04 Å². The molecule has 0 aromatic carbocycles. The van der Waals surface area contributed by atoms with Crippen molar-refractivity contribution in [2.75, 3.05) is 33.7 Å². The first-order valence-electron chi connectivity index (χ1n) is 5.44. The molecule has 1 atom stereocenters. The fourth-order valence-corrected chi connectivity index (χ4v) is 1.56. The standard InChI is InChI=1S/C11H23N3/c1-5-11(10-12)14(6-2)9-7-8-13(3)4/h11H,5-9H2,1-4H3. The van der Waals surface area contributed by atoms with Crippen molar-refractivity contribution in [1.29, 1.82) is 5.26 Å². The second-order valence-electron chi connectivity index (χ2n) is 3.84. The predicted molar refractivity (Wildman–Crippen MR) is 60.1 cm³/mol. The highest BCUT2D eigenvalue weighted by molar-refractivity contribution is 4.90. The summed E-state index contributed by atoms with van der Waals surface area (Å²) in [5, 5.41) is 8.93. The van der Waals surface area contributed by atoms with E-state index in [1.807, 2.05) is 0 Å². The molecule has 0 fully saturated rings. The summed E-state index contributed by atoms with van der Waals surface area (Å²) in [5.74, 6) is 0. The molecule has 14 heavy (non-hydrogen) atoms. The minimum Gasteiger partial charge on any atom is -0.309 e. The van der Waals surface area contributed by atoms with E-state index in [2.05, 4.69) is 43.8 Å². The van der Waals surface area contributed by atoms with Gasteiger partial charge in [-0.25, -0.2) is 0 Å². The SMILES string of the molecule is CCC(C#N)N(CC)CCCN(C)C. The van der Waals surface area contributed by atoms with Crippen molar-refractivity contribution in [2.45, 2.75) is 32.7 Å². The van der Waals surface area contributed by atoms with E-state index in [9.17, 15) is 0 Å². The summed E-state index contributed by atoms with van der Waals surface area (Å²) in [7, 11) is 4.16. The molecule has 0 rings (SSSR count). The van der Waals surface area contributed by atoms with Crippen LogP contribution in [0, 0.1) is 11.3 Å². The highest BCUT2D eigenvalue weighted by atomic mass is 15.2. The molecular formula is C11H23N3. The highest BCUT2D eigenvalue weighted by Crippen LogP contribution is 2.03. The van der Waals surface area contributed by atoms with E-state index < -0.39 is 0 Å². The largest absolute Gasteiger partial charge is 0.309 e. The molecule has 0 aliphatic heterocycles. The van der Waals surface area contributed by atoms with Crippen molar-refractivity contribution in [3.63, 3.8) is 0 Å². The zero-order valence-electron chi connectivity index (χ0n) is 9.95. The Hall–Kier alpha value is -0.590. The minimum atomic E-state index is 0.0992. The normalized spacial score (nSPS) is 13.2. The van der Waals surface area contributed by atoms with Crippen molar-refractivity contribution in [3.8, 4) is 6.07 Å². The van der Waals surface area contributed by atoms with Gasteiger partial charge < -0.3 is 4.90 Å². The van der Waals surface area contributed by atoms with Crippen LogP contribution in [0.1, 0.15) is 26.7 Å². The predicted octanol–water partition coefficient (Wildman–Crippen LogP) is 1.56. The molecule has 0 aliphatic rings. The maximum absolute atomic E-state index is 8.93. The van der Waals surface area contributed by atoms with Crippen LogP contribution in [-0.2, 0) is 0 Å². The fraction of sp³-hybridized carbons (Fsp3) is 0.909. The van der Waals surface area contributed by atoms with Gasteiger partial charge in [-0.05, 0) is 40.0 Å². The van der Waals surface area contributed by atoms with Crippen LogP contribution in [0.25, 0.3) is 0 Å². The Labute approximate surface area is 88.3 Å². The van der Waals surface area contributed by atoms with Crippen LogP contribution in [0.5, 0.6) is 0 Å². The first kappa shape index (κ1) is 13.4. The lowest BCUT2D eigenvalue weighted by atomic mass is 10.2. The van der Waals surface area contributed by atoms with Gasteiger partial charge in [-0.2, -0.15) is 5.26 Å². The molecule has 0 spiro atoms. The molecular weight excluding hydrogens is 174 g/mol. The summed E-state index contributed by atoms with van der Waals surface area (Å²) in [4.78, 5) is 4.44. The molecule has 1 unspecified atom stereocenters. The van der Waals surface area contributed by atoms with Crippen LogP contribution in [0.4, 0.5) is 0 Å². The van der Waals surface area contributed by atoms with Gasteiger partial charge in [-0.1, -0.05) is 13.8 Å². The van der Waals surface area contributed by atoms with Gasteiger partial charge in [0, 0.05) is 6.54 Å². The highest BCUT2D eigenvalue weighted by Gasteiger charge is 2.13. The Morgan fingerprint density at radius 1 is 1.21 bits per heavy atom. The van der Waals surface area contributed by atoms with Gasteiger partial charge in [0.05, 0.1) is 12.1 Å². The van der Waals surface area contributed by atoms with Gasteiger partial charge in [0.1, 0.15) is 0 Å². The molecule has 0 aromatic rings. The van der Waals surface area contributed by atoms with E-state index in [1.54, 1.807) is 0 Å². The lowest BCUT2D eigenvalue weighted by Gasteiger charge is -2.25. The second kappa shape index (κ2) is 7.78. The maximum Gasteiger partial charge on any atom is 0.0975 e. The Kier molecular flexibility index (Phi) is 7.45. The van der Waals surface area contributed by atoms with Crippen molar-refractivity contribution in [1.82, 2.24) is 9.80 Å².